The van der Waals surface area contributed by atoms with Crippen LogP contribution in [0.15, 0.2) is 42.5 Å². The van der Waals surface area contributed by atoms with Crippen LogP contribution in [0, 0.1) is 11.6 Å². The number of aldehydes is 1. The fourth-order valence-electron chi connectivity index (χ4n) is 1.66. The summed E-state index contributed by atoms with van der Waals surface area (Å²) >= 11 is 0. The van der Waals surface area contributed by atoms with Crippen molar-refractivity contribution in [1.29, 1.82) is 0 Å². The summed E-state index contributed by atoms with van der Waals surface area (Å²) in [4.78, 5) is 22.8. The molecule has 2 nitrogen and oxygen atoms in total. The molecular weight excluding hydrogens is 238 g/mol. The maximum Gasteiger partial charge on any atom is 0.199 e. The smallest absolute Gasteiger partial charge is 0.199 e. The average molecular weight is 246 g/mol. The Balaban J connectivity index is 2.60. The van der Waals surface area contributed by atoms with E-state index >= 15 is 0 Å². The van der Waals surface area contributed by atoms with E-state index in [4.69, 9.17) is 0 Å². The molecule has 2 aromatic rings. The minimum atomic E-state index is -0.840. The molecular formula is C14H8F2O2. The zero-order valence-electron chi connectivity index (χ0n) is 9.19. The fourth-order valence-corrected chi connectivity index (χ4v) is 1.66. The average Bonchev–Trinajstić information content (AvgIpc) is 2.38. The molecule has 0 spiro atoms. The lowest BCUT2D eigenvalue weighted by atomic mass is 9.98. The van der Waals surface area contributed by atoms with Gasteiger partial charge in [-0.3, -0.25) is 9.59 Å². The van der Waals surface area contributed by atoms with E-state index in [1.54, 1.807) is 0 Å². The van der Waals surface area contributed by atoms with E-state index in [9.17, 15) is 18.4 Å². The molecule has 0 unspecified atom stereocenters. The molecule has 0 radical (unpaired) electrons. The first kappa shape index (κ1) is 12.1. The summed E-state index contributed by atoms with van der Waals surface area (Å²) in [5.41, 5.74) is -0.758. The minimum Gasteiger partial charge on any atom is -0.298 e. The predicted molar refractivity (Wildman–Crippen MR) is 61.6 cm³/mol. The Morgan fingerprint density at radius 1 is 0.944 bits per heavy atom. The van der Waals surface area contributed by atoms with Gasteiger partial charge in [-0.15, -0.1) is 0 Å². The lowest BCUT2D eigenvalue weighted by Crippen LogP contribution is -2.10. The molecule has 0 aliphatic heterocycles. The Kier molecular flexibility index (Phi) is 3.28. The molecule has 0 aromatic heterocycles. The molecule has 2 rings (SSSR count). The maximum atomic E-state index is 13.6. The van der Waals surface area contributed by atoms with Gasteiger partial charge in [0.15, 0.2) is 12.1 Å². The summed E-state index contributed by atoms with van der Waals surface area (Å²) in [6.07, 6.45) is 0.372. The Bertz CT molecular complexity index is 621. The Labute approximate surface area is 102 Å². The van der Waals surface area contributed by atoms with Gasteiger partial charge in [-0.05, 0) is 18.2 Å². The summed E-state index contributed by atoms with van der Waals surface area (Å²) in [5, 5.41) is 0. The van der Waals surface area contributed by atoms with Crippen molar-refractivity contribution in [3.05, 3.63) is 70.8 Å². The van der Waals surface area contributed by atoms with Crippen molar-refractivity contribution in [3.63, 3.8) is 0 Å². The molecule has 90 valence electrons. The molecule has 0 saturated heterocycles. The van der Waals surface area contributed by atoms with Gasteiger partial charge >= 0.3 is 0 Å². The second kappa shape index (κ2) is 4.87. The second-order valence-electron chi connectivity index (χ2n) is 3.63. The third kappa shape index (κ3) is 2.05. The molecule has 2 aromatic carbocycles. The topological polar surface area (TPSA) is 34.1 Å². The molecule has 0 saturated carbocycles. The van der Waals surface area contributed by atoms with E-state index in [0.717, 1.165) is 12.1 Å². The third-order valence-electron chi connectivity index (χ3n) is 2.52. The van der Waals surface area contributed by atoms with Crippen LogP contribution in [0.25, 0.3) is 0 Å². The first-order valence-corrected chi connectivity index (χ1v) is 5.18. The number of rotatable bonds is 3. The van der Waals surface area contributed by atoms with Crippen molar-refractivity contribution in [2.45, 2.75) is 0 Å². The third-order valence-corrected chi connectivity index (χ3v) is 2.52. The molecule has 0 N–H and O–H groups in total. The number of benzene rings is 2. The summed E-state index contributed by atoms with van der Waals surface area (Å²) in [6, 6.07) is 8.93. The van der Waals surface area contributed by atoms with Crippen molar-refractivity contribution >= 4 is 12.1 Å². The molecule has 0 aliphatic rings. The fraction of sp³-hybridized carbons (Fsp3) is 0. The van der Waals surface area contributed by atoms with Crippen LogP contribution in [-0.2, 0) is 0 Å². The van der Waals surface area contributed by atoms with Crippen LogP contribution in [0.2, 0.25) is 0 Å². The highest BCUT2D eigenvalue weighted by molar-refractivity contribution is 6.13. The predicted octanol–water partition coefficient (Wildman–Crippen LogP) is 3.01. The Morgan fingerprint density at radius 3 is 2.28 bits per heavy atom. The van der Waals surface area contributed by atoms with E-state index in [2.05, 4.69) is 0 Å². The van der Waals surface area contributed by atoms with Gasteiger partial charge in [0.1, 0.15) is 11.6 Å². The van der Waals surface area contributed by atoms with Crippen molar-refractivity contribution < 1.29 is 18.4 Å². The normalized spacial score (nSPS) is 10.1. The standard InChI is InChI=1S/C14H8F2O2/c15-11-6-2-1-5-10(11)14(18)13-9(8-17)4-3-7-12(13)16/h1-8H. The SMILES string of the molecule is O=Cc1cccc(F)c1C(=O)c1ccccc1F. The Morgan fingerprint density at radius 2 is 1.61 bits per heavy atom. The van der Waals surface area contributed by atoms with E-state index in [0.29, 0.717) is 6.29 Å². The van der Waals surface area contributed by atoms with Gasteiger partial charge in [-0.2, -0.15) is 0 Å². The number of hydrogen-bond acceptors (Lipinski definition) is 2. The van der Waals surface area contributed by atoms with Crippen LogP contribution < -0.4 is 0 Å². The van der Waals surface area contributed by atoms with Crippen LogP contribution >= 0.6 is 0 Å². The van der Waals surface area contributed by atoms with E-state index < -0.39 is 23.0 Å². The van der Waals surface area contributed by atoms with E-state index in [1.165, 1.54) is 30.3 Å². The number of hydrogen-bond donors (Lipinski definition) is 0. The highest BCUT2D eigenvalue weighted by Gasteiger charge is 2.20. The molecule has 0 atom stereocenters. The van der Waals surface area contributed by atoms with Gasteiger partial charge in [0.05, 0.1) is 11.1 Å². The first-order chi connectivity index (χ1) is 8.65. The van der Waals surface area contributed by atoms with Gasteiger partial charge in [-0.1, -0.05) is 24.3 Å². The highest BCUT2D eigenvalue weighted by atomic mass is 19.1. The molecule has 0 aliphatic carbocycles. The molecule has 0 fully saturated rings. The second-order valence-corrected chi connectivity index (χ2v) is 3.63. The number of carbonyl (C=O) groups is 2. The lowest BCUT2D eigenvalue weighted by Gasteiger charge is -2.06. The van der Waals surface area contributed by atoms with Crippen LogP contribution in [-0.4, -0.2) is 12.1 Å². The van der Waals surface area contributed by atoms with Gasteiger partial charge in [0, 0.05) is 5.56 Å². The van der Waals surface area contributed by atoms with Crippen LogP contribution in [0.5, 0.6) is 0 Å². The molecule has 18 heavy (non-hydrogen) atoms. The summed E-state index contributed by atoms with van der Waals surface area (Å²) in [6.45, 7) is 0. The maximum absolute atomic E-state index is 13.6. The summed E-state index contributed by atoms with van der Waals surface area (Å²) < 4.78 is 27.1. The van der Waals surface area contributed by atoms with Gasteiger partial charge in [0.2, 0.25) is 0 Å². The summed E-state index contributed by atoms with van der Waals surface area (Å²) in [5.74, 6) is -2.43. The first-order valence-electron chi connectivity index (χ1n) is 5.18. The van der Waals surface area contributed by atoms with Crippen molar-refractivity contribution in [2.24, 2.45) is 0 Å². The molecule has 0 heterocycles. The van der Waals surface area contributed by atoms with Crippen molar-refractivity contribution in [1.82, 2.24) is 0 Å². The minimum absolute atomic E-state index is 0.0942. The zero-order chi connectivity index (χ0) is 13.1. The van der Waals surface area contributed by atoms with Crippen molar-refractivity contribution in [3.8, 4) is 0 Å². The van der Waals surface area contributed by atoms with Gasteiger partial charge < -0.3 is 0 Å². The monoisotopic (exact) mass is 246 g/mol. The zero-order valence-corrected chi connectivity index (χ0v) is 9.19. The number of ketones is 1. The molecule has 0 amide bonds. The van der Waals surface area contributed by atoms with E-state index in [-0.39, 0.29) is 11.1 Å². The van der Waals surface area contributed by atoms with Crippen LogP contribution in [0.4, 0.5) is 8.78 Å². The van der Waals surface area contributed by atoms with Crippen LogP contribution in [0.1, 0.15) is 26.3 Å². The van der Waals surface area contributed by atoms with Gasteiger partial charge in [0.25, 0.3) is 0 Å². The van der Waals surface area contributed by atoms with Crippen LogP contribution in [0.3, 0.4) is 0 Å². The highest BCUT2D eigenvalue weighted by Crippen LogP contribution is 2.18. The lowest BCUT2D eigenvalue weighted by molar-refractivity contribution is 0.102. The van der Waals surface area contributed by atoms with Gasteiger partial charge in [-0.25, -0.2) is 8.78 Å². The number of carbonyl (C=O) groups excluding carboxylic acids is 2. The van der Waals surface area contributed by atoms with Crippen molar-refractivity contribution in [2.75, 3.05) is 0 Å². The molecule has 0 bridgehead atoms. The Hall–Kier alpha value is -2.36. The largest absolute Gasteiger partial charge is 0.298 e. The summed E-state index contributed by atoms with van der Waals surface area (Å²) in [7, 11) is 0. The molecule has 4 heteroatoms. The quantitative estimate of drug-likeness (QED) is 0.616. The van der Waals surface area contributed by atoms with E-state index in [1.807, 2.05) is 0 Å². The number of halogens is 2.